The molecule has 56 valence electrons. The fraction of sp³-hybridized carbons (Fsp3) is 0.600. The van der Waals surface area contributed by atoms with E-state index in [4.69, 9.17) is 0 Å². The van der Waals surface area contributed by atoms with Crippen molar-refractivity contribution in [2.75, 3.05) is 0 Å². The van der Waals surface area contributed by atoms with Gasteiger partial charge in [-0.15, -0.1) is 0 Å². The highest BCUT2D eigenvalue weighted by Gasteiger charge is 2.14. The third kappa shape index (κ3) is 1.31. The van der Waals surface area contributed by atoms with Gasteiger partial charge in [0.1, 0.15) is 0 Å². The van der Waals surface area contributed by atoms with Crippen LogP contribution in [0.25, 0.3) is 0 Å². The van der Waals surface area contributed by atoms with E-state index in [1.807, 2.05) is 0 Å². The van der Waals surface area contributed by atoms with Crippen molar-refractivity contribution in [2.24, 2.45) is 11.8 Å². The molecule has 0 aromatic carbocycles. The van der Waals surface area contributed by atoms with Crippen LogP contribution in [0.4, 0.5) is 0 Å². The van der Waals surface area contributed by atoms with Crippen molar-refractivity contribution in [1.82, 2.24) is 0 Å². The Kier molecular flexibility index (Phi) is 1.98. The Morgan fingerprint density at radius 1 is 1.40 bits per heavy atom. The summed E-state index contributed by atoms with van der Waals surface area (Å²) in [6.07, 6.45) is 4.64. The first kappa shape index (κ1) is 7.59. The lowest BCUT2D eigenvalue weighted by atomic mass is 9.95. The van der Waals surface area contributed by atoms with E-state index >= 15 is 0 Å². The van der Waals surface area contributed by atoms with Gasteiger partial charge < -0.3 is 0 Å². The highest BCUT2D eigenvalue weighted by molar-refractivity contribution is 5.34. The van der Waals surface area contributed by atoms with Crippen LogP contribution in [0.15, 0.2) is 23.3 Å². The molecule has 0 spiro atoms. The second-order valence-corrected chi connectivity index (χ2v) is 3.50. The Balaban J connectivity index is 2.75. The molecule has 1 aliphatic carbocycles. The van der Waals surface area contributed by atoms with Gasteiger partial charge in [0.05, 0.1) is 0 Å². The maximum absolute atomic E-state index is 2.33. The van der Waals surface area contributed by atoms with Crippen molar-refractivity contribution in [3.8, 4) is 0 Å². The van der Waals surface area contributed by atoms with Gasteiger partial charge in [0.15, 0.2) is 0 Å². The van der Waals surface area contributed by atoms with E-state index in [1.165, 1.54) is 5.57 Å². The van der Waals surface area contributed by atoms with Crippen LogP contribution in [0.1, 0.15) is 27.7 Å². The molecule has 0 aromatic heterocycles. The molecule has 0 amide bonds. The zero-order chi connectivity index (χ0) is 7.72. The van der Waals surface area contributed by atoms with Crippen LogP contribution in [0.2, 0.25) is 0 Å². The average Bonchev–Trinajstić information content (AvgIpc) is 2.10. The number of hydrogen-bond acceptors (Lipinski definition) is 0. The van der Waals surface area contributed by atoms with Crippen LogP contribution in [-0.2, 0) is 0 Å². The summed E-state index contributed by atoms with van der Waals surface area (Å²) in [5.74, 6) is 1.39. The quantitative estimate of drug-likeness (QED) is 0.519. The van der Waals surface area contributed by atoms with E-state index in [9.17, 15) is 0 Å². The standard InChI is InChI=1S/C10H16/c1-7(2)10-6-8(3)5-9(10)4/h5-7,9H,1-4H3. The SMILES string of the molecule is CC1=CC(C)C(C(C)C)=C1. The molecule has 0 bridgehead atoms. The van der Waals surface area contributed by atoms with Crippen LogP contribution < -0.4 is 0 Å². The summed E-state index contributed by atoms with van der Waals surface area (Å²) in [4.78, 5) is 0. The molecule has 0 aliphatic heterocycles. The Bertz CT molecular complexity index is 182. The van der Waals surface area contributed by atoms with Crippen molar-refractivity contribution in [3.05, 3.63) is 23.3 Å². The fourth-order valence-corrected chi connectivity index (χ4v) is 1.63. The fourth-order valence-electron chi connectivity index (χ4n) is 1.63. The molecule has 1 aliphatic rings. The largest absolute Gasteiger partial charge is 0.0747 e. The summed E-state index contributed by atoms with van der Waals surface area (Å²) < 4.78 is 0. The number of rotatable bonds is 1. The van der Waals surface area contributed by atoms with Crippen LogP contribution in [0, 0.1) is 11.8 Å². The van der Waals surface area contributed by atoms with Gasteiger partial charge in [-0.2, -0.15) is 0 Å². The Labute approximate surface area is 63.6 Å². The lowest BCUT2D eigenvalue weighted by Crippen LogP contribution is -1.98. The number of hydrogen-bond donors (Lipinski definition) is 0. The molecule has 10 heavy (non-hydrogen) atoms. The van der Waals surface area contributed by atoms with Gasteiger partial charge in [-0.1, -0.05) is 44.1 Å². The van der Waals surface area contributed by atoms with E-state index in [2.05, 4.69) is 39.8 Å². The van der Waals surface area contributed by atoms with Crippen LogP contribution in [-0.4, -0.2) is 0 Å². The minimum absolute atomic E-state index is 0.681. The maximum atomic E-state index is 2.33. The smallest absolute Gasteiger partial charge is 0.00402 e. The van der Waals surface area contributed by atoms with E-state index in [1.54, 1.807) is 5.57 Å². The molecule has 0 radical (unpaired) electrons. The van der Waals surface area contributed by atoms with E-state index < -0.39 is 0 Å². The minimum atomic E-state index is 0.681. The molecule has 0 fully saturated rings. The van der Waals surface area contributed by atoms with E-state index in [0.29, 0.717) is 11.8 Å². The predicted octanol–water partition coefficient (Wildman–Crippen LogP) is 3.16. The van der Waals surface area contributed by atoms with Gasteiger partial charge >= 0.3 is 0 Å². The Hall–Kier alpha value is -0.520. The first-order valence-corrected chi connectivity index (χ1v) is 4.01. The molecule has 0 saturated carbocycles. The molecule has 0 heterocycles. The van der Waals surface area contributed by atoms with Crippen LogP contribution in [0.5, 0.6) is 0 Å². The van der Waals surface area contributed by atoms with Gasteiger partial charge in [-0.25, -0.2) is 0 Å². The molecule has 0 aromatic rings. The molecule has 1 rings (SSSR count). The summed E-state index contributed by atoms with van der Waals surface area (Å²) in [6.45, 7) is 8.96. The summed E-state index contributed by atoms with van der Waals surface area (Å²) >= 11 is 0. The summed E-state index contributed by atoms with van der Waals surface area (Å²) in [5.41, 5.74) is 3.01. The normalized spacial score (nSPS) is 25.1. The minimum Gasteiger partial charge on any atom is -0.0747 e. The zero-order valence-corrected chi connectivity index (χ0v) is 7.31. The molecule has 0 nitrogen and oxygen atoms in total. The highest BCUT2D eigenvalue weighted by atomic mass is 14.2. The lowest BCUT2D eigenvalue weighted by Gasteiger charge is -2.10. The van der Waals surface area contributed by atoms with Gasteiger partial charge in [-0.05, 0) is 18.8 Å². The van der Waals surface area contributed by atoms with Crippen LogP contribution >= 0.6 is 0 Å². The first-order chi connectivity index (χ1) is 4.61. The molecular weight excluding hydrogens is 120 g/mol. The van der Waals surface area contributed by atoms with Gasteiger partial charge in [0, 0.05) is 0 Å². The summed E-state index contributed by atoms with van der Waals surface area (Å²) in [5, 5.41) is 0. The molecule has 1 atom stereocenters. The van der Waals surface area contributed by atoms with Crippen molar-refractivity contribution in [1.29, 1.82) is 0 Å². The average molecular weight is 136 g/mol. The Morgan fingerprint density at radius 2 is 2.00 bits per heavy atom. The van der Waals surface area contributed by atoms with Crippen molar-refractivity contribution >= 4 is 0 Å². The monoisotopic (exact) mass is 136 g/mol. The van der Waals surface area contributed by atoms with Crippen molar-refractivity contribution < 1.29 is 0 Å². The second-order valence-electron chi connectivity index (χ2n) is 3.50. The Morgan fingerprint density at radius 3 is 2.20 bits per heavy atom. The van der Waals surface area contributed by atoms with Crippen molar-refractivity contribution in [2.45, 2.75) is 27.7 Å². The van der Waals surface area contributed by atoms with Gasteiger partial charge in [0.25, 0.3) is 0 Å². The third-order valence-electron chi connectivity index (χ3n) is 2.10. The lowest BCUT2D eigenvalue weighted by molar-refractivity contribution is 0.675. The summed E-state index contributed by atoms with van der Waals surface area (Å²) in [7, 11) is 0. The van der Waals surface area contributed by atoms with Crippen molar-refractivity contribution in [3.63, 3.8) is 0 Å². The second kappa shape index (κ2) is 2.61. The highest BCUT2D eigenvalue weighted by Crippen LogP contribution is 2.28. The van der Waals surface area contributed by atoms with E-state index in [0.717, 1.165) is 0 Å². The first-order valence-electron chi connectivity index (χ1n) is 4.01. The molecule has 0 heteroatoms. The number of allylic oxidation sites excluding steroid dienone is 4. The van der Waals surface area contributed by atoms with E-state index in [-0.39, 0.29) is 0 Å². The zero-order valence-electron chi connectivity index (χ0n) is 7.31. The molecule has 1 unspecified atom stereocenters. The molecule has 0 saturated heterocycles. The predicted molar refractivity (Wildman–Crippen MR) is 45.8 cm³/mol. The topological polar surface area (TPSA) is 0 Å². The van der Waals surface area contributed by atoms with Gasteiger partial charge in [-0.3, -0.25) is 0 Å². The third-order valence-corrected chi connectivity index (χ3v) is 2.10. The van der Waals surface area contributed by atoms with Crippen LogP contribution in [0.3, 0.4) is 0 Å². The molecular formula is C10H16. The maximum Gasteiger partial charge on any atom is -0.00402 e. The van der Waals surface area contributed by atoms with Gasteiger partial charge in [0.2, 0.25) is 0 Å². The summed E-state index contributed by atoms with van der Waals surface area (Å²) in [6, 6.07) is 0. The molecule has 0 N–H and O–H groups in total.